The number of carbonyl (C=O) groups is 1. The number of rotatable bonds is 4. The molecule has 0 bridgehead atoms. The van der Waals surface area contributed by atoms with Crippen molar-refractivity contribution in [3.05, 3.63) is 52.0 Å². The van der Waals surface area contributed by atoms with Crippen LogP contribution >= 0.6 is 15.9 Å². The van der Waals surface area contributed by atoms with Crippen molar-refractivity contribution in [2.24, 2.45) is 0 Å². The van der Waals surface area contributed by atoms with Crippen LogP contribution in [0.1, 0.15) is 23.0 Å². The number of aryl methyl sites for hydroxylation is 1. The van der Waals surface area contributed by atoms with E-state index >= 15 is 0 Å². The van der Waals surface area contributed by atoms with Crippen molar-refractivity contribution in [1.82, 2.24) is 15.1 Å². The van der Waals surface area contributed by atoms with Crippen LogP contribution in [0.4, 0.5) is 4.39 Å². The molecular weight excluding hydrogens is 313 g/mol. The summed E-state index contributed by atoms with van der Waals surface area (Å²) in [6.45, 7) is 3.07. The summed E-state index contributed by atoms with van der Waals surface area (Å²) in [6.07, 6.45) is 1.70. The molecular formula is C13H13BrFN3O. The minimum Gasteiger partial charge on any atom is -0.346 e. The van der Waals surface area contributed by atoms with Gasteiger partial charge in [-0.05, 0) is 47.1 Å². The van der Waals surface area contributed by atoms with Gasteiger partial charge in [0.1, 0.15) is 5.82 Å². The van der Waals surface area contributed by atoms with E-state index in [0.717, 1.165) is 16.7 Å². The second-order valence-electron chi connectivity index (χ2n) is 3.94. The van der Waals surface area contributed by atoms with E-state index in [1.165, 1.54) is 24.3 Å². The lowest BCUT2D eigenvalue weighted by atomic mass is 10.2. The molecule has 19 heavy (non-hydrogen) atoms. The fraction of sp³-hybridized carbons (Fsp3) is 0.231. The fourth-order valence-corrected chi connectivity index (χ4v) is 2.14. The highest BCUT2D eigenvalue weighted by Crippen LogP contribution is 2.15. The van der Waals surface area contributed by atoms with Crippen molar-refractivity contribution in [3.63, 3.8) is 0 Å². The van der Waals surface area contributed by atoms with E-state index in [0.29, 0.717) is 12.1 Å². The highest BCUT2D eigenvalue weighted by atomic mass is 79.9. The van der Waals surface area contributed by atoms with Crippen molar-refractivity contribution in [1.29, 1.82) is 0 Å². The van der Waals surface area contributed by atoms with Gasteiger partial charge in [-0.3, -0.25) is 9.48 Å². The molecule has 0 saturated heterocycles. The third-order valence-corrected chi connectivity index (χ3v) is 3.38. The van der Waals surface area contributed by atoms with Crippen molar-refractivity contribution in [3.8, 4) is 0 Å². The Balaban J connectivity index is 2.04. The molecule has 1 heterocycles. The second-order valence-corrected chi connectivity index (χ2v) is 4.80. The summed E-state index contributed by atoms with van der Waals surface area (Å²) < 4.78 is 15.4. The van der Waals surface area contributed by atoms with Gasteiger partial charge in [-0.1, -0.05) is 0 Å². The largest absolute Gasteiger partial charge is 0.346 e. The fourth-order valence-electron chi connectivity index (χ4n) is 1.70. The quantitative estimate of drug-likeness (QED) is 0.939. The van der Waals surface area contributed by atoms with Gasteiger partial charge in [0.05, 0.1) is 22.9 Å². The Hall–Kier alpha value is -1.69. The van der Waals surface area contributed by atoms with E-state index in [1.807, 2.05) is 6.92 Å². The van der Waals surface area contributed by atoms with Crippen LogP contribution < -0.4 is 5.32 Å². The zero-order valence-electron chi connectivity index (χ0n) is 10.4. The normalized spacial score (nSPS) is 10.5. The highest BCUT2D eigenvalue weighted by Gasteiger charge is 2.10. The molecule has 0 aliphatic rings. The van der Waals surface area contributed by atoms with Gasteiger partial charge in [0.25, 0.3) is 5.91 Å². The van der Waals surface area contributed by atoms with Crippen LogP contribution in [0.3, 0.4) is 0 Å². The number of hydrogen-bond acceptors (Lipinski definition) is 2. The van der Waals surface area contributed by atoms with Gasteiger partial charge in [-0.25, -0.2) is 4.39 Å². The van der Waals surface area contributed by atoms with E-state index in [-0.39, 0.29) is 11.7 Å². The molecule has 2 rings (SSSR count). The summed E-state index contributed by atoms with van der Waals surface area (Å²) in [6, 6.07) is 5.44. The molecule has 1 aromatic carbocycles. The van der Waals surface area contributed by atoms with Crippen LogP contribution in [0.5, 0.6) is 0 Å². The van der Waals surface area contributed by atoms with Crippen LogP contribution in [-0.4, -0.2) is 15.7 Å². The lowest BCUT2D eigenvalue weighted by Gasteiger charge is -2.08. The van der Waals surface area contributed by atoms with Gasteiger partial charge in [-0.2, -0.15) is 5.10 Å². The van der Waals surface area contributed by atoms with E-state index < -0.39 is 0 Å². The minimum atomic E-state index is -0.358. The number of halogens is 2. The molecule has 0 aliphatic heterocycles. The lowest BCUT2D eigenvalue weighted by Crippen LogP contribution is -2.24. The van der Waals surface area contributed by atoms with Gasteiger partial charge in [0, 0.05) is 12.1 Å². The maximum Gasteiger partial charge on any atom is 0.251 e. The first kappa shape index (κ1) is 13.7. The molecule has 2 aromatic rings. The van der Waals surface area contributed by atoms with Crippen molar-refractivity contribution in [2.45, 2.75) is 20.0 Å². The Morgan fingerprint density at radius 3 is 2.74 bits per heavy atom. The Morgan fingerprint density at radius 1 is 1.42 bits per heavy atom. The topological polar surface area (TPSA) is 46.9 Å². The maximum atomic E-state index is 12.8. The Bertz CT molecular complexity index is 580. The van der Waals surface area contributed by atoms with E-state index in [9.17, 15) is 9.18 Å². The molecule has 4 nitrogen and oxygen atoms in total. The predicted octanol–water partition coefficient (Wildman–Crippen LogP) is 2.73. The van der Waals surface area contributed by atoms with Crippen molar-refractivity contribution < 1.29 is 9.18 Å². The Kier molecular flexibility index (Phi) is 4.31. The summed E-state index contributed by atoms with van der Waals surface area (Å²) in [7, 11) is 0. The number of amides is 1. The van der Waals surface area contributed by atoms with Gasteiger partial charge in [-0.15, -0.1) is 0 Å². The zero-order valence-corrected chi connectivity index (χ0v) is 11.9. The molecule has 0 atom stereocenters. The van der Waals surface area contributed by atoms with Crippen LogP contribution in [0.25, 0.3) is 0 Å². The second kappa shape index (κ2) is 5.97. The number of nitrogens with zero attached hydrogens (tertiary/aromatic N) is 2. The first-order valence-electron chi connectivity index (χ1n) is 5.85. The third kappa shape index (κ3) is 3.20. The summed E-state index contributed by atoms with van der Waals surface area (Å²) in [4.78, 5) is 11.9. The van der Waals surface area contributed by atoms with Crippen molar-refractivity contribution >= 4 is 21.8 Å². The molecule has 0 fully saturated rings. The first-order chi connectivity index (χ1) is 9.11. The SMILES string of the molecule is CCn1ncc(Br)c1CNC(=O)c1ccc(F)cc1. The summed E-state index contributed by atoms with van der Waals surface area (Å²) >= 11 is 3.39. The number of benzene rings is 1. The molecule has 1 aromatic heterocycles. The third-order valence-electron chi connectivity index (χ3n) is 2.72. The number of carbonyl (C=O) groups excluding carboxylic acids is 1. The molecule has 0 saturated carbocycles. The van der Waals surface area contributed by atoms with Gasteiger partial charge in [0.15, 0.2) is 0 Å². The molecule has 1 amide bonds. The number of aromatic nitrogens is 2. The molecule has 0 aliphatic carbocycles. The van der Waals surface area contributed by atoms with E-state index in [1.54, 1.807) is 10.9 Å². The molecule has 0 unspecified atom stereocenters. The van der Waals surface area contributed by atoms with Crippen molar-refractivity contribution in [2.75, 3.05) is 0 Å². The average Bonchev–Trinajstić information content (AvgIpc) is 2.77. The average molecular weight is 326 g/mol. The maximum absolute atomic E-state index is 12.8. The highest BCUT2D eigenvalue weighted by molar-refractivity contribution is 9.10. The summed E-state index contributed by atoms with van der Waals surface area (Å²) in [5, 5.41) is 6.95. The van der Waals surface area contributed by atoms with Crippen LogP contribution in [0, 0.1) is 5.82 Å². The van der Waals surface area contributed by atoms with Gasteiger partial charge < -0.3 is 5.32 Å². The number of nitrogens with one attached hydrogen (secondary N) is 1. The lowest BCUT2D eigenvalue weighted by molar-refractivity contribution is 0.0950. The van der Waals surface area contributed by atoms with Crippen LogP contribution in [0.15, 0.2) is 34.9 Å². The monoisotopic (exact) mass is 325 g/mol. The van der Waals surface area contributed by atoms with Gasteiger partial charge in [0.2, 0.25) is 0 Å². The first-order valence-corrected chi connectivity index (χ1v) is 6.65. The standard InChI is InChI=1S/C13H13BrFN3O/c1-2-18-12(11(14)7-17-18)8-16-13(19)9-3-5-10(15)6-4-9/h3-7H,2,8H2,1H3,(H,16,19). The minimum absolute atomic E-state index is 0.240. The molecule has 1 N–H and O–H groups in total. The predicted molar refractivity (Wildman–Crippen MR) is 73.2 cm³/mol. The van der Waals surface area contributed by atoms with Crippen LogP contribution in [-0.2, 0) is 13.1 Å². The van der Waals surface area contributed by atoms with E-state index in [2.05, 4.69) is 26.3 Å². The van der Waals surface area contributed by atoms with Crippen LogP contribution in [0.2, 0.25) is 0 Å². The number of hydrogen-bond donors (Lipinski definition) is 1. The summed E-state index contributed by atoms with van der Waals surface area (Å²) in [5.41, 5.74) is 1.33. The molecule has 6 heteroatoms. The molecule has 100 valence electrons. The zero-order chi connectivity index (χ0) is 13.8. The molecule has 0 spiro atoms. The molecule has 0 radical (unpaired) electrons. The Morgan fingerprint density at radius 2 is 2.11 bits per heavy atom. The van der Waals surface area contributed by atoms with E-state index in [4.69, 9.17) is 0 Å². The summed E-state index contributed by atoms with van der Waals surface area (Å²) in [5.74, 6) is -0.598. The van der Waals surface area contributed by atoms with Gasteiger partial charge >= 0.3 is 0 Å². The Labute approximate surface area is 118 Å². The smallest absolute Gasteiger partial charge is 0.251 e.